The average Bonchev–Trinajstić information content (AvgIpc) is 1.62. The van der Waals surface area contributed by atoms with Gasteiger partial charge >= 0.3 is 630 Å². The van der Waals surface area contributed by atoms with Crippen LogP contribution in [0.5, 0.6) is 0 Å². The number of aryl methyl sites for hydroxylation is 6. The normalized spacial score (nSPS) is 11.9. The Hall–Kier alpha value is -0.982. The predicted molar refractivity (Wildman–Crippen MR) is 630 cm³/mol. The van der Waals surface area contributed by atoms with Gasteiger partial charge in [-0.1, -0.05) is 279 Å². The van der Waals surface area contributed by atoms with Crippen molar-refractivity contribution < 1.29 is 0 Å². The van der Waals surface area contributed by atoms with Gasteiger partial charge in [0.05, 0.1) is 0 Å². The van der Waals surface area contributed by atoms with Gasteiger partial charge in [-0.25, -0.2) is 0 Å². The number of hydrogen-bond acceptors (Lipinski definition) is 8. The summed E-state index contributed by atoms with van der Waals surface area (Å²) in [6.45, 7) is 14.0. The fourth-order valence-corrected chi connectivity index (χ4v) is 39.2. The molecule has 0 atom stereocenters. The zero-order valence-corrected chi connectivity index (χ0v) is 102. The SMILES string of the molecule is CCCCCCCCCCCCCCc1cc(Br)sc1-c1cc(CCCCCCCCCCCCCC)c(-c2nc(CCCCCCCCCCCCCC)c(-c3ccc(-c4ccc(-c5sc(-c6sc(-c7sc(-c8ccc(-c9ccc(Br)[se]9)[se]8)cc7CCCCCCCCCCCCCC)cc6CCCCCCCCCCCCCC)nc5CCCCCCCCCCCCCC)[se]4)[se]3)s2)s1. The van der Waals surface area contributed by atoms with Crippen LogP contribution < -0.4 is 0 Å². The van der Waals surface area contributed by atoms with Crippen molar-refractivity contribution in [3.8, 4) is 85.0 Å². The molecule has 0 bridgehead atoms. The van der Waals surface area contributed by atoms with Gasteiger partial charge in [0.25, 0.3) is 0 Å². The molecule has 10 aromatic rings. The average molecular weight is 2350 g/mol. The first-order valence-electron chi connectivity index (χ1n) is 57.4. The van der Waals surface area contributed by atoms with Crippen molar-refractivity contribution in [1.29, 1.82) is 0 Å². The number of thiazole rings is 2. The quantitative estimate of drug-likeness (QED) is 0.0280. The van der Waals surface area contributed by atoms with Crippen LogP contribution in [-0.4, -0.2) is 68.0 Å². The van der Waals surface area contributed by atoms with Crippen LogP contribution in [0.25, 0.3) is 85.0 Å². The summed E-state index contributed by atoms with van der Waals surface area (Å²) in [5.74, 6) is 0. The second-order valence-corrected chi connectivity index (χ2v) is 59.5. The molecule has 0 unspecified atom stereocenters. The zero-order chi connectivity index (χ0) is 95.1. The topological polar surface area (TPSA) is 25.8 Å². The Morgan fingerprint density at radius 1 is 0.191 bits per heavy atom. The van der Waals surface area contributed by atoms with Gasteiger partial charge in [0.1, 0.15) is 0 Å². The van der Waals surface area contributed by atoms with Gasteiger partial charge in [0, 0.05) is 0 Å². The molecule has 136 heavy (non-hydrogen) atoms. The van der Waals surface area contributed by atoms with Gasteiger partial charge in [-0.3, -0.25) is 0 Å². The minimum atomic E-state index is 0.198. The van der Waals surface area contributed by atoms with Crippen molar-refractivity contribution in [2.45, 2.75) is 542 Å². The molecule has 2 nitrogen and oxygen atoms in total. The summed E-state index contributed by atoms with van der Waals surface area (Å²) >= 11 is 21.6. The van der Waals surface area contributed by atoms with E-state index in [1.807, 2.05) is 11.3 Å². The van der Waals surface area contributed by atoms with Crippen molar-refractivity contribution in [2.75, 3.05) is 0 Å². The number of aromatic nitrogens is 2. The van der Waals surface area contributed by atoms with Crippen LogP contribution in [0.2, 0.25) is 0 Å². The van der Waals surface area contributed by atoms with Crippen LogP contribution >= 0.6 is 99.9 Å². The van der Waals surface area contributed by atoms with Gasteiger partial charge < -0.3 is 0 Å². The molecule has 0 fully saturated rings. The Morgan fingerprint density at radius 2 is 0.404 bits per heavy atom. The number of hydrogen-bond donors (Lipinski definition) is 0. The van der Waals surface area contributed by atoms with Gasteiger partial charge in [0.15, 0.2) is 0 Å². The summed E-state index contributed by atoms with van der Waals surface area (Å²) in [6.07, 6.45) is 106. The summed E-state index contributed by atoms with van der Waals surface area (Å²) < 4.78 is 13.8. The van der Waals surface area contributed by atoms with Crippen LogP contribution in [0.4, 0.5) is 0 Å². The number of nitrogens with zero attached hydrogens (tertiary/aromatic N) is 2. The van der Waals surface area contributed by atoms with E-state index in [0.717, 1.165) is 25.7 Å². The number of thiophene rings is 4. The van der Waals surface area contributed by atoms with Crippen LogP contribution in [-0.2, 0) is 38.5 Å². The van der Waals surface area contributed by atoms with Gasteiger partial charge in [-0.05, 0) is 0 Å². The third kappa shape index (κ3) is 45.0. The summed E-state index contributed by atoms with van der Waals surface area (Å²) in [4.78, 5) is 25.6. The molecular weight excluding hydrogens is 2160 g/mol. The van der Waals surface area contributed by atoms with Gasteiger partial charge in [-0.15, -0.1) is 0 Å². The monoisotopic (exact) mass is 2350 g/mol. The van der Waals surface area contributed by atoms with Crippen LogP contribution in [0, 0.1) is 0 Å². The molecule has 10 aromatic heterocycles. The van der Waals surface area contributed by atoms with Gasteiger partial charge in [-0.2, -0.15) is 0 Å². The van der Waals surface area contributed by atoms with E-state index in [1.54, 1.807) is 58.2 Å². The summed E-state index contributed by atoms with van der Waals surface area (Å²) in [5, 5.41) is 2.61. The first kappa shape index (κ1) is 117. The second-order valence-electron chi connectivity index (χ2n) is 40.8. The number of unbranched alkanes of at least 4 members (excludes halogenated alkanes) is 66. The summed E-state index contributed by atoms with van der Waals surface area (Å²) in [5.41, 5.74) is 9.09. The first-order chi connectivity index (χ1) is 67.2. The van der Waals surface area contributed by atoms with Gasteiger partial charge in [0.2, 0.25) is 0 Å². The Labute approximate surface area is 899 Å². The Morgan fingerprint density at radius 3 is 0.691 bits per heavy atom. The number of rotatable bonds is 87. The summed E-state index contributed by atoms with van der Waals surface area (Å²) in [7, 11) is 0. The standard InChI is InChI=1S/C122H186Br2N2S6Se4/c1-7-13-19-25-31-37-43-49-55-61-67-73-79-97-93-103(106-85-86-109(133-106)110-91-92-114(124)136-110)127-115(97)104-94-98(80-74-68-62-56-50-44-38-32-26-20-14-8-2)117(128-104)121-125-101(83-77-71-65-59-53-47-41-35-29-23-17-11-5)119(131-121)111-89-87-107(134-111)108-88-90-112(135-108)120-102(84-78-72-66-60-54-48-42-36-30-24-18-12-6)126-122(132-120)118-99(81-75-69-63-57-51-45-39-33-27-21-15-9-3)95-105(129-118)116-100(96-113(123)130-116)82-76-70-64-58-52-46-40-34-28-22-16-10-4/h85-96H,7-84H2,1-6H3. The Balaban J connectivity index is 0.946. The molecule has 0 saturated carbocycles. The first-order valence-corrected chi connectivity index (χ1v) is 70.8. The molecule has 14 heteroatoms. The molecule has 0 aliphatic carbocycles. The van der Waals surface area contributed by atoms with E-state index >= 15 is 0 Å². The van der Waals surface area contributed by atoms with Crippen molar-refractivity contribution >= 4 is 158 Å². The zero-order valence-electron chi connectivity index (χ0n) is 86.8. The Kier molecular flexibility index (Phi) is 63.6. The molecule has 0 N–H and O–H groups in total. The molecule has 0 spiro atoms. The maximum atomic E-state index is 6.06. The Bertz CT molecular complexity index is 4630. The molecule has 10 heterocycles. The third-order valence-electron chi connectivity index (χ3n) is 28.7. The van der Waals surface area contributed by atoms with Crippen molar-refractivity contribution in [3.05, 3.63) is 114 Å². The predicted octanol–water partition coefficient (Wildman–Crippen LogP) is 45.1. The van der Waals surface area contributed by atoms with Crippen LogP contribution in [0.1, 0.15) is 537 Å². The van der Waals surface area contributed by atoms with Crippen molar-refractivity contribution in [1.82, 2.24) is 9.97 Å². The summed E-state index contributed by atoms with van der Waals surface area (Å²) in [6, 6.07) is 30.7. The fourth-order valence-electron chi connectivity index (χ4n) is 20.3. The van der Waals surface area contributed by atoms with E-state index < -0.39 is 0 Å². The molecule has 10 rings (SSSR count). The van der Waals surface area contributed by atoms with Crippen molar-refractivity contribution in [3.63, 3.8) is 0 Å². The molecule has 0 radical (unpaired) electrons. The van der Waals surface area contributed by atoms with Crippen LogP contribution in [0.3, 0.4) is 0 Å². The molecule has 0 amide bonds. The van der Waals surface area contributed by atoms with E-state index in [1.165, 1.54) is 543 Å². The fraction of sp³-hybridized carbons (Fsp3) is 0.689. The van der Waals surface area contributed by atoms with E-state index in [4.69, 9.17) is 9.97 Å². The molecule has 0 aromatic carbocycles. The van der Waals surface area contributed by atoms with E-state index in [0.29, 0.717) is 29.0 Å². The maximum absolute atomic E-state index is 6.06. The molecule has 0 aliphatic heterocycles. The second kappa shape index (κ2) is 74.0. The molecule has 0 aliphatic rings. The molecular formula is C122H186Br2N2S6Se4. The molecule has 758 valence electrons. The van der Waals surface area contributed by atoms with E-state index in [9.17, 15) is 0 Å². The third-order valence-corrected chi connectivity index (χ3v) is 49.3. The van der Waals surface area contributed by atoms with E-state index in [2.05, 4.69) is 203 Å². The van der Waals surface area contributed by atoms with E-state index in [-0.39, 0.29) is 29.0 Å². The van der Waals surface area contributed by atoms with Crippen molar-refractivity contribution in [2.24, 2.45) is 0 Å². The molecule has 0 saturated heterocycles. The minimum absolute atomic E-state index is 0.198. The number of halogens is 2. The van der Waals surface area contributed by atoms with Crippen LogP contribution in [0.15, 0.2) is 79.9 Å².